The largest absolute Gasteiger partial charge is 0.399 e. The van der Waals surface area contributed by atoms with Crippen molar-refractivity contribution in [2.24, 2.45) is 0 Å². The molecular weight excluding hydrogens is 358 g/mol. The van der Waals surface area contributed by atoms with Crippen LogP contribution >= 0.6 is 0 Å². The number of carbonyl (C=O) groups excluding carboxylic acids is 1. The molecule has 1 unspecified atom stereocenters. The number of amides is 1. The average molecular weight is 379 g/mol. The van der Waals surface area contributed by atoms with Crippen LogP contribution in [-0.2, 0) is 21.2 Å². The lowest BCUT2D eigenvalue weighted by Crippen LogP contribution is -2.49. The molecular formula is C17H21N3O5S. The quantitative estimate of drug-likeness (QED) is 0.386. The zero-order valence-corrected chi connectivity index (χ0v) is 15.3. The molecule has 0 saturated heterocycles. The fourth-order valence-corrected chi connectivity index (χ4v) is 3.31. The minimum absolute atomic E-state index is 0.00214. The van der Waals surface area contributed by atoms with Gasteiger partial charge in [-0.05, 0) is 42.7 Å². The summed E-state index contributed by atoms with van der Waals surface area (Å²) in [5, 5.41) is 8.83. The van der Waals surface area contributed by atoms with Crippen molar-refractivity contribution in [2.75, 3.05) is 12.0 Å². The first kappa shape index (κ1) is 19.7. The maximum atomic E-state index is 12.3. The first-order valence-electron chi connectivity index (χ1n) is 7.79. The monoisotopic (exact) mass is 379 g/mol. The highest BCUT2D eigenvalue weighted by atomic mass is 32.2. The van der Waals surface area contributed by atoms with Crippen molar-refractivity contribution >= 4 is 21.4 Å². The number of nitrogens with zero attached hydrogens (tertiary/aromatic N) is 1. The number of nitrogen functional groups attached to an aromatic ring is 1. The zero-order valence-electron chi connectivity index (χ0n) is 14.5. The van der Waals surface area contributed by atoms with Gasteiger partial charge in [0.2, 0.25) is 0 Å². The lowest BCUT2D eigenvalue weighted by Gasteiger charge is -2.25. The molecule has 4 N–H and O–H groups in total. The van der Waals surface area contributed by atoms with Crippen LogP contribution in [0.1, 0.15) is 13.3 Å². The van der Waals surface area contributed by atoms with Gasteiger partial charge in [0, 0.05) is 30.8 Å². The molecule has 26 heavy (non-hydrogen) atoms. The van der Waals surface area contributed by atoms with Crippen LogP contribution in [0.15, 0.2) is 47.4 Å². The minimum Gasteiger partial charge on any atom is -0.399 e. The van der Waals surface area contributed by atoms with E-state index in [0.717, 1.165) is 11.8 Å². The fourth-order valence-electron chi connectivity index (χ4n) is 2.47. The number of hydrogen-bond acceptors (Lipinski definition) is 6. The third-order valence-corrected chi connectivity index (χ3v) is 6.50. The van der Waals surface area contributed by atoms with Crippen LogP contribution in [0.3, 0.4) is 0 Å². The van der Waals surface area contributed by atoms with E-state index in [2.05, 4.69) is 0 Å². The van der Waals surface area contributed by atoms with Gasteiger partial charge in [-0.3, -0.25) is 14.8 Å². The molecule has 1 aromatic carbocycles. The summed E-state index contributed by atoms with van der Waals surface area (Å²) in [6.07, 6.45) is 2.28. The van der Waals surface area contributed by atoms with Crippen LogP contribution in [0.5, 0.6) is 0 Å². The molecule has 1 heterocycles. The lowest BCUT2D eigenvalue weighted by atomic mass is 10.1. The molecule has 0 fully saturated rings. The summed E-state index contributed by atoms with van der Waals surface area (Å²) in [7, 11) is -3.81. The van der Waals surface area contributed by atoms with E-state index >= 15 is 0 Å². The van der Waals surface area contributed by atoms with Crippen molar-refractivity contribution in [1.82, 2.24) is 10.0 Å². The number of hydrogen-bond donors (Lipinski definition) is 3. The number of aromatic nitrogens is 1. The highest BCUT2D eigenvalue weighted by Crippen LogP contribution is 2.22. The Kier molecular flexibility index (Phi) is 5.53. The number of carbonyl (C=O) groups is 1. The second kappa shape index (κ2) is 7.30. The van der Waals surface area contributed by atoms with Crippen molar-refractivity contribution in [2.45, 2.75) is 24.6 Å². The summed E-state index contributed by atoms with van der Waals surface area (Å²) in [5.41, 5.74) is 8.83. The molecule has 0 radical (unpaired) electrons. The minimum atomic E-state index is -3.81. The standard InChI is InChI=1S/C17H21N3O5S/c1-17(16(22)19-23,26(2,24)25)8-10-20-9-7-13(11-15(20)21)12-3-5-14(18)6-4-12/h3-7,9,11,23H,8,10,18H2,1-2H3,(H,19,22). The first-order valence-corrected chi connectivity index (χ1v) is 9.68. The molecule has 0 saturated carbocycles. The third kappa shape index (κ3) is 3.94. The molecule has 0 aliphatic rings. The number of anilines is 1. The number of nitrogens with two attached hydrogens (primary N) is 1. The molecule has 1 atom stereocenters. The van der Waals surface area contributed by atoms with Gasteiger partial charge in [-0.15, -0.1) is 0 Å². The number of rotatable bonds is 6. The number of nitrogens with one attached hydrogen (secondary N) is 1. The summed E-state index contributed by atoms with van der Waals surface area (Å²) in [6, 6.07) is 10.2. The van der Waals surface area contributed by atoms with Gasteiger partial charge in [0.15, 0.2) is 14.6 Å². The molecule has 8 nitrogen and oxygen atoms in total. The van der Waals surface area contributed by atoms with Gasteiger partial charge >= 0.3 is 0 Å². The maximum absolute atomic E-state index is 12.3. The van der Waals surface area contributed by atoms with Crippen LogP contribution in [0.2, 0.25) is 0 Å². The maximum Gasteiger partial charge on any atom is 0.264 e. The summed E-state index contributed by atoms with van der Waals surface area (Å²) >= 11 is 0. The van der Waals surface area contributed by atoms with Crippen LogP contribution in [0.4, 0.5) is 5.69 Å². The normalized spacial score (nSPS) is 13.8. The Morgan fingerprint density at radius 1 is 1.23 bits per heavy atom. The van der Waals surface area contributed by atoms with Crippen LogP contribution in [-0.4, -0.2) is 35.1 Å². The number of benzene rings is 1. The van der Waals surface area contributed by atoms with Crippen LogP contribution < -0.4 is 16.8 Å². The van der Waals surface area contributed by atoms with Crippen molar-refractivity contribution in [3.8, 4) is 11.1 Å². The Hall–Kier alpha value is -2.65. The molecule has 0 bridgehead atoms. The summed E-state index contributed by atoms with van der Waals surface area (Å²) in [5.74, 6) is -1.04. The number of aryl methyl sites for hydroxylation is 1. The van der Waals surface area contributed by atoms with Crippen LogP contribution in [0.25, 0.3) is 11.1 Å². The number of pyridine rings is 1. The summed E-state index contributed by atoms with van der Waals surface area (Å²) in [6.45, 7) is 1.21. The zero-order chi connectivity index (χ0) is 19.5. The molecule has 1 aromatic heterocycles. The Balaban J connectivity index is 2.26. The Morgan fingerprint density at radius 2 is 1.85 bits per heavy atom. The van der Waals surface area contributed by atoms with Crippen molar-refractivity contribution < 1.29 is 18.4 Å². The molecule has 1 amide bonds. The van der Waals surface area contributed by atoms with E-state index in [1.165, 1.54) is 29.2 Å². The van der Waals surface area contributed by atoms with Gasteiger partial charge in [0.05, 0.1) is 0 Å². The third-order valence-electron chi connectivity index (χ3n) is 4.47. The fraction of sp³-hybridized carbons (Fsp3) is 0.294. The van der Waals surface area contributed by atoms with Gasteiger partial charge in [-0.25, -0.2) is 13.9 Å². The Morgan fingerprint density at radius 3 is 2.35 bits per heavy atom. The van der Waals surface area contributed by atoms with Crippen molar-refractivity contribution in [3.05, 3.63) is 52.9 Å². The highest BCUT2D eigenvalue weighted by Gasteiger charge is 2.43. The SMILES string of the molecule is CC(CCn1ccc(-c2ccc(N)cc2)cc1=O)(C(=O)NO)S(C)(=O)=O. The molecule has 2 aromatic rings. The van der Waals surface area contributed by atoms with Crippen LogP contribution in [0, 0.1) is 0 Å². The van der Waals surface area contributed by atoms with Gasteiger partial charge in [-0.2, -0.15) is 0 Å². The predicted octanol–water partition coefficient (Wildman–Crippen LogP) is 0.796. The van der Waals surface area contributed by atoms with E-state index < -0.39 is 20.5 Å². The second-order valence-electron chi connectivity index (χ2n) is 6.26. The number of hydroxylamine groups is 1. The first-order chi connectivity index (χ1) is 12.1. The van der Waals surface area contributed by atoms with E-state index in [9.17, 15) is 18.0 Å². The van der Waals surface area contributed by atoms with Gasteiger partial charge < -0.3 is 10.3 Å². The van der Waals surface area contributed by atoms with E-state index in [-0.39, 0.29) is 18.5 Å². The smallest absolute Gasteiger partial charge is 0.264 e. The molecule has 140 valence electrons. The Bertz CT molecular complexity index is 967. The Labute approximate surface area is 151 Å². The van der Waals surface area contributed by atoms with E-state index in [0.29, 0.717) is 11.3 Å². The van der Waals surface area contributed by atoms with E-state index in [4.69, 9.17) is 10.9 Å². The second-order valence-corrected chi connectivity index (χ2v) is 8.71. The molecule has 9 heteroatoms. The topological polar surface area (TPSA) is 131 Å². The molecule has 0 aliphatic heterocycles. The highest BCUT2D eigenvalue weighted by molar-refractivity contribution is 7.92. The lowest BCUT2D eigenvalue weighted by molar-refractivity contribution is -0.131. The summed E-state index contributed by atoms with van der Waals surface area (Å²) < 4.78 is 23.4. The van der Waals surface area contributed by atoms with Gasteiger partial charge in [-0.1, -0.05) is 12.1 Å². The van der Waals surface area contributed by atoms with Crippen molar-refractivity contribution in [3.63, 3.8) is 0 Å². The summed E-state index contributed by atoms with van der Waals surface area (Å²) in [4.78, 5) is 24.1. The van der Waals surface area contributed by atoms with E-state index in [1.54, 1.807) is 30.3 Å². The molecule has 0 aliphatic carbocycles. The number of sulfone groups is 1. The predicted molar refractivity (Wildman–Crippen MR) is 98.3 cm³/mol. The molecule has 0 spiro atoms. The molecule has 2 rings (SSSR count). The van der Waals surface area contributed by atoms with Gasteiger partial charge in [0.1, 0.15) is 0 Å². The van der Waals surface area contributed by atoms with Gasteiger partial charge in [0.25, 0.3) is 11.5 Å². The van der Waals surface area contributed by atoms with E-state index in [1.807, 2.05) is 0 Å². The van der Waals surface area contributed by atoms with Crippen molar-refractivity contribution in [1.29, 1.82) is 0 Å². The average Bonchev–Trinajstić information content (AvgIpc) is 2.59.